The van der Waals surface area contributed by atoms with Crippen molar-refractivity contribution in [2.45, 2.75) is 407 Å². The van der Waals surface area contributed by atoms with Crippen molar-refractivity contribution in [1.29, 1.82) is 0 Å². The van der Waals surface area contributed by atoms with Crippen LogP contribution in [0.25, 0.3) is 0 Å². The van der Waals surface area contributed by atoms with Gasteiger partial charge in [0, 0.05) is 25.7 Å². The Bertz CT molecular complexity index is 2020. The van der Waals surface area contributed by atoms with Gasteiger partial charge in [0.25, 0.3) is 0 Å². The lowest BCUT2D eigenvalue weighted by molar-refractivity contribution is -0.161. The summed E-state index contributed by atoms with van der Waals surface area (Å²) in [6, 6.07) is 0. The maximum absolute atomic E-state index is 13.1. The van der Waals surface area contributed by atoms with Gasteiger partial charge in [-0.3, -0.25) is 37.3 Å². The summed E-state index contributed by atoms with van der Waals surface area (Å²) in [4.78, 5) is 72.9. The predicted molar refractivity (Wildman–Crippen MR) is 404 cm³/mol. The van der Waals surface area contributed by atoms with Gasteiger partial charge < -0.3 is 33.8 Å². The molecule has 17 nitrogen and oxygen atoms in total. The summed E-state index contributed by atoms with van der Waals surface area (Å²) < 4.78 is 68.6. The summed E-state index contributed by atoms with van der Waals surface area (Å²) in [5.74, 6) is 0.153. The van der Waals surface area contributed by atoms with E-state index in [2.05, 4.69) is 72.8 Å². The van der Waals surface area contributed by atoms with Crippen LogP contribution < -0.4 is 0 Å². The highest BCUT2D eigenvalue weighted by Gasteiger charge is 2.30. The molecule has 0 fully saturated rings. The van der Waals surface area contributed by atoms with Crippen molar-refractivity contribution in [3.63, 3.8) is 0 Å². The second-order valence-electron chi connectivity index (χ2n) is 29.3. The molecule has 0 amide bonds. The monoisotopic (exact) mass is 1450 g/mol. The summed E-state index contributed by atoms with van der Waals surface area (Å²) >= 11 is 0. The number of hydrogen-bond donors (Lipinski definition) is 3. The Balaban J connectivity index is 5.26. The normalized spacial score (nSPS) is 14.4. The highest BCUT2D eigenvalue weighted by Crippen LogP contribution is 2.45. The van der Waals surface area contributed by atoms with Gasteiger partial charge in [-0.25, -0.2) is 9.13 Å². The van der Waals surface area contributed by atoms with Gasteiger partial charge in [-0.2, -0.15) is 0 Å². The largest absolute Gasteiger partial charge is 0.472 e. The molecule has 0 aromatic rings. The van der Waals surface area contributed by atoms with Crippen LogP contribution in [0.4, 0.5) is 0 Å². The Morgan fingerprint density at radius 3 is 0.899 bits per heavy atom. The van der Waals surface area contributed by atoms with Gasteiger partial charge in [-0.1, -0.05) is 336 Å². The van der Waals surface area contributed by atoms with Gasteiger partial charge in [-0.05, 0) is 69.1 Å². The molecule has 0 saturated heterocycles. The van der Waals surface area contributed by atoms with E-state index in [4.69, 9.17) is 37.0 Å². The van der Waals surface area contributed by atoms with Gasteiger partial charge in [0.2, 0.25) is 0 Å². The molecule has 3 N–H and O–H groups in total. The Hall–Kier alpha value is -2.46. The van der Waals surface area contributed by atoms with E-state index in [1.165, 1.54) is 173 Å². The van der Waals surface area contributed by atoms with E-state index in [-0.39, 0.29) is 25.7 Å². The van der Waals surface area contributed by atoms with Crippen LogP contribution in [0.1, 0.15) is 389 Å². The summed E-state index contributed by atoms with van der Waals surface area (Å²) in [5, 5.41) is 10.6. The molecule has 6 atom stereocenters. The zero-order chi connectivity index (χ0) is 73.0. The lowest BCUT2D eigenvalue weighted by Crippen LogP contribution is -2.30. The molecule has 99 heavy (non-hydrogen) atoms. The molecule has 0 saturated carbocycles. The lowest BCUT2D eigenvalue weighted by Gasteiger charge is -2.21. The number of aliphatic hydroxyl groups excluding tert-OH is 1. The minimum absolute atomic E-state index is 0.101. The lowest BCUT2D eigenvalue weighted by atomic mass is 10.00. The van der Waals surface area contributed by atoms with Crippen LogP contribution >= 0.6 is 15.6 Å². The van der Waals surface area contributed by atoms with E-state index in [0.29, 0.717) is 25.7 Å². The van der Waals surface area contributed by atoms with Crippen molar-refractivity contribution in [3.05, 3.63) is 24.3 Å². The molecule has 0 radical (unpaired) electrons. The van der Waals surface area contributed by atoms with Crippen LogP contribution in [0.3, 0.4) is 0 Å². The fourth-order valence-electron chi connectivity index (χ4n) is 11.7. The van der Waals surface area contributed by atoms with Crippen LogP contribution in [0, 0.1) is 17.8 Å². The second-order valence-corrected chi connectivity index (χ2v) is 32.2. The number of hydrogen-bond acceptors (Lipinski definition) is 15. The number of carbonyl (C=O) groups is 4. The molecule has 0 aliphatic carbocycles. The van der Waals surface area contributed by atoms with Gasteiger partial charge >= 0.3 is 39.5 Å². The number of unbranched alkanes of at least 4 members (excludes halogenated alkanes) is 40. The average Bonchev–Trinajstić information content (AvgIpc) is 1.00. The van der Waals surface area contributed by atoms with E-state index in [1.807, 2.05) is 0 Å². The van der Waals surface area contributed by atoms with Crippen LogP contribution in [-0.2, 0) is 65.4 Å². The molecule has 0 heterocycles. The zero-order valence-corrected chi connectivity index (χ0v) is 66.2. The third kappa shape index (κ3) is 72.3. The van der Waals surface area contributed by atoms with Crippen molar-refractivity contribution >= 4 is 39.5 Å². The Labute approximate surface area is 605 Å². The zero-order valence-electron chi connectivity index (χ0n) is 64.4. The summed E-state index contributed by atoms with van der Waals surface area (Å²) in [5.41, 5.74) is 0. The average molecular weight is 1450 g/mol. The molecular formula is C80H152O17P2. The first-order chi connectivity index (χ1) is 47.8. The van der Waals surface area contributed by atoms with E-state index in [1.54, 1.807) is 0 Å². The Kier molecular flexibility index (Phi) is 68.1. The van der Waals surface area contributed by atoms with Crippen molar-refractivity contribution in [3.8, 4) is 0 Å². The van der Waals surface area contributed by atoms with E-state index < -0.39 is 97.5 Å². The number of phosphoric acid groups is 2. The van der Waals surface area contributed by atoms with Crippen LogP contribution in [0.2, 0.25) is 0 Å². The summed E-state index contributed by atoms with van der Waals surface area (Å²) in [6.45, 7) is 11.8. The number of carbonyl (C=O) groups excluding carboxylic acids is 4. The first-order valence-electron chi connectivity index (χ1n) is 40.7. The third-order valence-electron chi connectivity index (χ3n) is 18.4. The van der Waals surface area contributed by atoms with Gasteiger partial charge in [0.15, 0.2) is 12.2 Å². The number of aliphatic hydroxyl groups is 1. The highest BCUT2D eigenvalue weighted by atomic mass is 31.2. The van der Waals surface area contributed by atoms with E-state index in [0.717, 1.165) is 133 Å². The highest BCUT2D eigenvalue weighted by molar-refractivity contribution is 7.47. The van der Waals surface area contributed by atoms with Crippen molar-refractivity contribution in [2.24, 2.45) is 17.8 Å². The molecule has 19 heteroatoms. The smallest absolute Gasteiger partial charge is 0.462 e. The first kappa shape index (κ1) is 96.5. The van der Waals surface area contributed by atoms with Crippen molar-refractivity contribution in [2.75, 3.05) is 39.6 Å². The molecule has 0 aromatic carbocycles. The predicted octanol–water partition coefficient (Wildman–Crippen LogP) is 23.3. The molecule has 584 valence electrons. The molecule has 0 aromatic heterocycles. The second kappa shape index (κ2) is 69.9. The van der Waals surface area contributed by atoms with Crippen molar-refractivity contribution < 1.29 is 80.2 Å². The standard InChI is InChI=1S/C80H152O17P2/c1-8-10-11-12-13-14-15-16-21-25-28-34-39-47-54-61-77(82)90-67-75(96-79(84)63-56-49-40-35-29-26-23-20-18-17-19-22-24-27-32-37-44-51-58-71(3)4)69-94-98(86,87)92-65-74(81)66-93-99(88,89)95-70-76(68-91-78(83)62-55-48-43-42-46-53-60-73(7)9-2)97-80(85)64-57-50-41-36-31-30-33-38-45-52-59-72(5)6/h14-16,21,71-76,81H,8-13,17-20,22-70H2,1-7H3,(H,86,87)(H,88,89)/b15-14-,21-16-/t73?,74-,75-,76-/m1/s1. The molecule has 0 aliphatic heterocycles. The minimum atomic E-state index is -4.97. The Morgan fingerprint density at radius 2 is 0.596 bits per heavy atom. The molecule has 3 unspecified atom stereocenters. The van der Waals surface area contributed by atoms with Gasteiger partial charge in [-0.15, -0.1) is 0 Å². The minimum Gasteiger partial charge on any atom is -0.462 e. The van der Waals surface area contributed by atoms with Crippen LogP contribution in [0.5, 0.6) is 0 Å². The Morgan fingerprint density at radius 1 is 0.333 bits per heavy atom. The number of ether oxygens (including phenoxy) is 4. The first-order valence-corrected chi connectivity index (χ1v) is 43.7. The number of esters is 4. The molecule has 0 spiro atoms. The molecule has 0 bridgehead atoms. The van der Waals surface area contributed by atoms with Crippen LogP contribution in [-0.4, -0.2) is 96.7 Å². The van der Waals surface area contributed by atoms with Gasteiger partial charge in [0.05, 0.1) is 26.4 Å². The fourth-order valence-corrected chi connectivity index (χ4v) is 13.3. The third-order valence-corrected chi connectivity index (χ3v) is 20.3. The number of allylic oxidation sites excluding steroid dienone is 4. The molecular weight excluding hydrogens is 1290 g/mol. The van der Waals surface area contributed by atoms with Crippen LogP contribution in [0.15, 0.2) is 24.3 Å². The molecule has 0 rings (SSSR count). The maximum Gasteiger partial charge on any atom is 0.472 e. The SMILES string of the molecule is CCCCCC/C=C\C=C/CCCCCCCC(=O)OC[C@H](COP(=O)(O)OC[C@@H](O)COP(=O)(O)OC[C@@H](COC(=O)CCCCCCCCC(C)CC)OC(=O)CCCCCCCCCCCCC(C)C)OC(=O)CCCCCCCCCCCCCCCCCCCCC(C)C. The topological polar surface area (TPSA) is 237 Å². The number of phosphoric ester groups is 2. The van der Waals surface area contributed by atoms with Crippen molar-refractivity contribution in [1.82, 2.24) is 0 Å². The maximum atomic E-state index is 13.1. The fraction of sp³-hybridized carbons (Fsp3) is 0.900. The summed E-state index contributed by atoms with van der Waals surface area (Å²) in [6.07, 6.45) is 60.6. The molecule has 0 aliphatic rings. The van der Waals surface area contributed by atoms with E-state index in [9.17, 15) is 43.2 Å². The summed E-state index contributed by atoms with van der Waals surface area (Å²) in [7, 11) is -9.93. The van der Waals surface area contributed by atoms with E-state index >= 15 is 0 Å². The van der Waals surface area contributed by atoms with Gasteiger partial charge in [0.1, 0.15) is 19.3 Å². The number of rotatable bonds is 76. The quantitative estimate of drug-likeness (QED) is 0.0169.